The number of esters is 2. The van der Waals surface area contributed by atoms with Crippen molar-refractivity contribution in [2.75, 3.05) is 6.61 Å². The lowest BCUT2D eigenvalue weighted by Crippen LogP contribution is -2.59. The molecule has 2 fully saturated rings. The molecule has 41 heavy (non-hydrogen) atoms. The number of fused-ring (bicyclic) bond motifs is 1. The van der Waals surface area contributed by atoms with E-state index >= 15 is 0 Å². The summed E-state index contributed by atoms with van der Waals surface area (Å²) in [6.45, 7) is 6.37. The molecule has 2 aromatic carbocycles. The molecule has 0 saturated carbocycles. The Labute approximate surface area is 238 Å². The summed E-state index contributed by atoms with van der Waals surface area (Å²) in [6, 6.07) is 19.7. The van der Waals surface area contributed by atoms with Crippen molar-refractivity contribution in [2.24, 2.45) is 0 Å². The summed E-state index contributed by atoms with van der Waals surface area (Å²) in [6.07, 6.45) is 3.31. The molecule has 0 N–H and O–H groups in total. The number of hydrogen-bond acceptors (Lipinski definition) is 8. The first kappa shape index (κ1) is 28.0. The third-order valence-electron chi connectivity index (χ3n) is 7.28. The number of aromatic nitrogens is 1. The summed E-state index contributed by atoms with van der Waals surface area (Å²) in [4.78, 5) is 44.6. The van der Waals surface area contributed by atoms with Crippen LogP contribution >= 0.6 is 0 Å². The second-order valence-corrected chi connectivity index (χ2v) is 12.8. The highest BCUT2D eigenvalue weighted by Crippen LogP contribution is 2.49. The number of carbonyl (C=O) groups excluding carboxylic acids is 3. The van der Waals surface area contributed by atoms with E-state index in [0.29, 0.717) is 11.1 Å². The summed E-state index contributed by atoms with van der Waals surface area (Å²) in [7, 11) is -4.06. The van der Waals surface area contributed by atoms with Gasteiger partial charge in [0.2, 0.25) is 0 Å². The Morgan fingerprint density at radius 1 is 1.05 bits per heavy atom. The van der Waals surface area contributed by atoms with Crippen molar-refractivity contribution in [3.8, 4) is 0 Å². The highest BCUT2D eigenvalue weighted by atomic mass is 32.2. The monoisotopic (exact) mass is 572 g/mol. The molecule has 0 aliphatic carbocycles. The van der Waals surface area contributed by atoms with Crippen LogP contribution in [0.25, 0.3) is 6.08 Å². The lowest BCUT2D eigenvalue weighted by molar-refractivity contribution is -0.160. The van der Waals surface area contributed by atoms with Crippen LogP contribution in [0.15, 0.2) is 97.2 Å². The van der Waals surface area contributed by atoms with Crippen molar-refractivity contribution in [1.82, 2.24) is 9.88 Å². The minimum Gasteiger partial charge on any atom is -0.458 e. The molecule has 10 heteroatoms. The van der Waals surface area contributed by atoms with Gasteiger partial charge >= 0.3 is 11.9 Å². The zero-order chi connectivity index (χ0) is 29.4. The zero-order valence-corrected chi connectivity index (χ0v) is 23.3. The zero-order valence-electron chi connectivity index (χ0n) is 22.5. The van der Waals surface area contributed by atoms with Crippen LogP contribution in [0.3, 0.4) is 0 Å². The average Bonchev–Trinajstić information content (AvgIpc) is 3.13. The lowest BCUT2D eigenvalue weighted by atomic mass is 9.94. The molecule has 210 valence electrons. The van der Waals surface area contributed by atoms with Crippen LogP contribution in [0.1, 0.15) is 47.1 Å². The third-order valence-corrected chi connectivity index (χ3v) is 10.0. The first-order valence-corrected chi connectivity index (χ1v) is 14.4. The van der Waals surface area contributed by atoms with Crippen molar-refractivity contribution in [3.63, 3.8) is 0 Å². The summed E-state index contributed by atoms with van der Waals surface area (Å²) in [5.74, 6) is -2.06. The van der Waals surface area contributed by atoms with Crippen LogP contribution in [-0.4, -0.2) is 58.9 Å². The maximum absolute atomic E-state index is 13.7. The molecule has 2 aliphatic rings. The molecule has 0 spiro atoms. The topological polar surface area (TPSA) is 120 Å². The molecule has 1 aromatic heterocycles. The fourth-order valence-corrected chi connectivity index (χ4v) is 7.24. The van der Waals surface area contributed by atoms with E-state index in [1.165, 1.54) is 44.3 Å². The first-order valence-electron chi connectivity index (χ1n) is 12.9. The van der Waals surface area contributed by atoms with Crippen molar-refractivity contribution in [2.45, 2.75) is 36.1 Å². The van der Waals surface area contributed by atoms with Gasteiger partial charge in [-0.25, -0.2) is 18.0 Å². The third kappa shape index (κ3) is 4.84. The summed E-state index contributed by atoms with van der Waals surface area (Å²) < 4.78 is 36.8. The van der Waals surface area contributed by atoms with Crippen molar-refractivity contribution < 1.29 is 32.3 Å². The van der Waals surface area contributed by atoms with Gasteiger partial charge in [-0.15, -0.1) is 0 Å². The van der Waals surface area contributed by atoms with E-state index in [-0.39, 0.29) is 23.4 Å². The smallest absolute Gasteiger partial charge is 0.338 e. The predicted molar refractivity (Wildman–Crippen MR) is 151 cm³/mol. The van der Waals surface area contributed by atoms with E-state index in [2.05, 4.69) is 11.6 Å². The molecule has 2 atom stereocenters. The summed E-state index contributed by atoms with van der Waals surface area (Å²) in [5.41, 5.74) is 1.75. The Morgan fingerprint density at radius 2 is 1.66 bits per heavy atom. The van der Waals surface area contributed by atoms with Gasteiger partial charge in [-0.05, 0) is 43.2 Å². The number of β-lactam (4-membered cyclic amide) rings is 1. The second kappa shape index (κ2) is 10.8. The standard InChI is InChI=1S/C31H28N2O7S/c1-4-17-39-29(35)22-15-16-32-23(18-22)19-24-27(34)33-26(31(2,3)41(37,38)28(24)33)30(36)40-25(20-11-7-5-8-12-20)21-13-9-6-10-14-21/h4-16,18-19,25-26,28H,1,17H2,2-3H3/t26-,28+/m0/s1. The quantitative estimate of drug-likeness (QED) is 0.173. The molecule has 1 amide bonds. The number of ether oxygens (including phenoxy) is 2. The number of pyridine rings is 1. The van der Waals surface area contributed by atoms with Gasteiger partial charge in [0.05, 0.1) is 16.8 Å². The van der Waals surface area contributed by atoms with Crippen LogP contribution in [-0.2, 0) is 28.9 Å². The number of rotatable bonds is 8. The van der Waals surface area contributed by atoms with Crippen molar-refractivity contribution in [1.29, 1.82) is 0 Å². The SMILES string of the molecule is C=CCOC(=O)c1ccnc(C=C2C(=O)N3[C@@H](C(=O)OC(c4ccccc4)c4ccccc4)C(C)(C)S(=O)(=O)[C@H]23)c1. The van der Waals surface area contributed by atoms with Gasteiger partial charge in [-0.3, -0.25) is 9.78 Å². The molecule has 0 radical (unpaired) electrons. The average molecular weight is 573 g/mol. The highest BCUT2D eigenvalue weighted by Gasteiger charge is 2.70. The number of carbonyl (C=O) groups is 3. The lowest BCUT2D eigenvalue weighted by Gasteiger charge is -2.38. The van der Waals surface area contributed by atoms with Crippen LogP contribution in [0.2, 0.25) is 0 Å². The first-order chi connectivity index (χ1) is 19.6. The molecule has 3 heterocycles. The minimum atomic E-state index is -4.06. The number of amides is 1. The maximum Gasteiger partial charge on any atom is 0.338 e. The molecular weight excluding hydrogens is 544 g/mol. The van der Waals surface area contributed by atoms with Crippen LogP contribution in [0.4, 0.5) is 0 Å². The van der Waals surface area contributed by atoms with E-state index in [9.17, 15) is 22.8 Å². The molecule has 2 aliphatic heterocycles. The van der Waals surface area contributed by atoms with E-state index in [0.717, 1.165) is 4.90 Å². The summed E-state index contributed by atoms with van der Waals surface area (Å²) >= 11 is 0. The molecule has 5 rings (SSSR count). The van der Waals surface area contributed by atoms with Gasteiger partial charge in [0.1, 0.15) is 11.4 Å². The van der Waals surface area contributed by atoms with Crippen LogP contribution in [0, 0.1) is 0 Å². The number of benzene rings is 2. The number of nitrogens with zero attached hydrogens (tertiary/aromatic N) is 2. The Morgan fingerprint density at radius 3 is 2.24 bits per heavy atom. The predicted octanol–water partition coefficient (Wildman–Crippen LogP) is 3.88. The maximum atomic E-state index is 13.7. The number of sulfone groups is 1. The molecule has 2 saturated heterocycles. The van der Waals surface area contributed by atoms with E-state index in [1.54, 1.807) is 0 Å². The summed E-state index contributed by atoms with van der Waals surface area (Å²) in [5, 5.41) is -1.35. The normalized spacial score (nSPS) is 21.2. The minimum absolute atomic E-state index is 0.0211. The van der Waals surface area contributed by atoms with Gasteiger partial charge < -0.3 is 14.4 Å². The molecule has 9 nitrogen and oxygen atoms in total. The van der Waals surface area contributed by atoms with Gasteiger partial charge in [0, 0.05) is 6.20 Å². The van der Waals surface area contributed by atoms with Gasteiger partial charge in [-0.2, -0.15) is 0 Å². The Bertz CT molecular complexity index is 1610. The Balaban J connectivity index is 1.46. The Kier molecular flexibility index (Phi) is 7.35. The Hall–Kier alpha value is -4.57. The second-order valence-electron chi connectivity index (χ2n) is 10.2. The molecule has 3 aromatic rings. The molecular formula is C31H28N2O7S. The largest absolute Gasteiger partial charge is 0.458 e. The van der Waals surface area contributed by atoms with Crippen LogP contribution < -0.4 is 0 Å². The van der Waals surface area contributed by atoms with Gasteiger partial charge in [0.25, 0.3) is 5.91 Å². The fraction of sp³-hybridized carbons (Fsp3) is 0.226. The van der Waals surface area contributed by atoms with Crippen molar-refractivity contribution >= 4 is 33.8 Å². The van der Waals surface area contributed by atoms with Gasteiger partial charge in [-0.1, -0.05) is 73.3 Å². The van der Waals surface area contributed by atoms with E-state index in [4.69, 9.17) is 9.47 Å². The van der Waals surface area contributed by atoms with Crippen LogP contribution in [0.5, 0.6) is 0 Å². The fourth-order valence-electron chi connectivity index (χ4n) is 5.12. The van der Waals surface area contributed by atoms with E-state index in [1.807, 2.05) is 60.7 Å². The molecule has 0 bridgehead atoms. The highest BCUT2D eigenvalue weighted by molar-refractivity contribution is 7.94. The number of hydrogen-bond donors (Lipinski definition) is 0. The van der Waals surface area contributed by atoms with Gasteiger partial charge in [0.15, 0.2) is 27.4 Å². The molecule has 0 unspecified atom stereocenters. The van der Waals surface area contributed by atoms with Crippen molar-refractivity contribution in [3.05, 3.63) is 120 Å². The van der Waals surface area contributed by atoms with E-state index < -0.39 is 49.9 Å².